The predicted molar refractivity (Wildman–Crippen MR) is 66.1 cm³/mol. The fraction of sp³-hybridized carbons (Fsp3) is 0.300. The van der Waals surface area contributed by atoms with Crippen molar-refractivity contribution >= 4 is 33.3 Å². The maximum absolute atomic E-state index is 13.4. The minimum absolute atomic E-state index is 0.0550. The van der Waals surface area contributed by atoms with Gasteiger partial charge in [0.15, 0.2) is 0 Å². The van der Waals surface area contributed by atoms with Crippen molar-refractivity contribution in [2.45, 2.75) is 19.4 Å². The standard InChI is InChI=1S/C10H10BrFN2O4/c1-5(2-9(15)16)13-8-4-6(11)3-7(12)10(8)14(17)18/h3-5,13H,2H2,1H3,(H,15,16)/t5-/m1/s1. The van der Waals surface area contributed by atoms with Gasteiger partial charge in [-0.1, -0.05) is 15.9 Å². The Bertz CT molecular complexity index is 495. The molecule has 0 aliphatic carbocycles. The first-order valence-corrected chi connectivity index (χ1v) is 5.72. The van der Waals surface area contributed by atoms with Crippen LogP contribution < -0.4 is 5.32 Å². The number of aliphatic carboxylic acids is 1. The van der Waals surface area contributed by atoms with E-state index in [1.54, 1.807) is 0 Å². The Labute approximate surface area is 110 Å². The number of carboxylic acids is 1. The third kappa shape index (κ3) is 3.66. The normalized spacial score (nSPS) is 11.9. The molecule has 1 atom stereocenters. The number of carbonyl (C=O) groups is 1. The van der Waals surface area contributed by atoms with Crippen molar-refractivity contribution in [2.75, 3.05) is 5.32 Å². The second-order valence-electron chi connectivity index (χ2n) is 3.68. The minimum atomic E-state index is -1.05. The van der Waals surface area contributed by atoms with Gasteiger partial charge >= 0.3 is 11.7 Å². The zero-order chi connectivity index (χ0) is 13.9. The number of nitrogens with zero attached hydrogens (tertiary/aromatic N) is 1. The quantitative estimate of drug-likeness (QED) is 0.642. The van der Waals surface area contributed by atoms with Crippen LogP contribution in [0.1, 0.15) is 13.3 Å². The van der Waals surface area contributed by atoms with E-state index in [2.05, 4.69) is 21.2 Å². The summed E-state index contributed by atoms with van der Waals surface area (Å²) >= 11 is 3.02. The van der Waals surface area contributed by atoms with Crippen LogP contribution >= 0.6 is 15.9 Å². The van der Waals surface area contributed by atoms with Gasteiger partial charge in [-0.05, 0) is 19.1 Å². The SMILES string of the molecule is C[C@H](CC(=O)O)Nc1cc(Br)cc(F)c1[N+](=O)[O-]. The second-order valence-corrected chi connectivity index (χ2v) is 4.60. The Balaban J connectivity index is 3.07. The molecule has 0 aliphatic rings. The van der Waals surface area contributed by atoms with Crippen molar-refractivity contribution < 1.29 is 19.2 Å². The summed E-state index contributed by atoms with van der Waals surface area (Å²) in [5.41, 5.74) is -0.754. The van der Waals surface area contributed by atoms with E-state index in [1.807, 2.05) is 0 Å². The van der Waals surface area contributed by atoms with Gasteiger partial charge < -0.3 is 10.4 Å². The molecule has 0 spiro atoms. The zero-order valence-corrected chi connectivity index (χ0v) is 10.9. The van der Waals surface area contributed by atoms with Gasteiger partial charge in [0, 0.05) is 10.5 Å². The molecule has 0 aliphatic heterocycles. The molecule has 0 amide bonds. The smallest absolute Gasteiger partial charge is 0.327 e. The van der Waals surface area contributed by atoms with Crippen molar-refractivity contribution in [1.29, 1.82) is 0 Å². The third-order valence-corrected chi connectivity index (χ3v) is 2.55. The highest BCUT2D eigenvalue weighted by Crippen LogP contribution is 2.32. The number of nitrogens with one attached hydrogen (secondary N) is 1. The van der Waals surface area contributed by atoms with Gasteiger partial charge in [-0.2, -0.15) is 4.39 Å². The van der Waals surface area contributed by atoms with Crippen LogP contribution in [-0.2, 0) is 4.79 Å². The van der Waals surface area contributed by atoms with Gasteiger partial charge in [-0.3, -0.25) is 14.9 Å². The second kappa shape index (κ2) is 5.76. The van der Waals surface area contributed by atoms with Crippen LogP contribution in [0, 0.1) is 15.9 Å². The zero-order valence-electron chi connectivity index (χ0n) is 9.31. The summed E-state index contributed by atoms with van der Waals surface area (Å²) < 4.78 is 13.8. The molecule has 98 valence electrons. The van der Waals surface area contributed by atoms with Gasteiger partial charge in [0.05, 0.1) is 11.3 Å². The molecular weight excluding hydrogens is 311 g/mol. The van der Waals surface area contributed by atoms with Gasteiger partial charge in [0.2, 0.25) is 5.82 Å². The summed E-state index contributed by atoms with van der Waals surface area (Å²) in [6.45, 7) is 1.54. The van der Waals surface area contributed by atoms with Crippen LogP contribution in [0.3, 0.4) is 0 Å². The molecule has 0 saturated heterocycles. The summed E-state index contributed by atoms with van der Waals surface area (Å²) in [5.74, 6) is -2.03. The van der Waals surface area contributed by atoms with E-state index in [-0.39, 0.29) is 12.1 Å². The molecule has 1 rings (SSSR count). The van der Waals surface area contributed by atoms with E-state index in [9.17, 15) is 19.3 Å². The molecule has 8 heteroatoms. The van der Waals surface area contributed by atoms with Gasteiger partial charge in [-0.15, -0.1) is 0 Å². The first kappa shape index (κ1) is 14.4. The minimum Gasteiger partial charge on any atom is -0.481 e. The Morgan fingerprint density at radius 2 is 2.28 bits per heavy atom. The number of nitro groups is 1. The summed E-state index contributed by atoms with van der Waals surface area (Å²) in [7, 11) is 0. The molecule has 0 fully saturated rings. The molecule has 2 N–H and O–H groups in total. The van der Waals surface area contributed by atoms with E-state index in [4.69, 9.17) is 5.11 Å². The Hall–Kier alpha value is -1.70. The van der Waals surface area contributed by atoms with Gasteiger partial charge in [0.1, 0.15) is 5.69 Å². The summed E-state index contributed by atoms with van der Waals surface area (Å²) in [6, 6.07) is 1.75. The molecular formula is C10H10BrFN2O4. The van der Waals surface area contributed by atoms with Crippen molar-refractivity contribution in [1.82, 2.24) is 0 Å². The maximum Gasteiger partial charge on any atom is 0.327 e. The number of carboxylic acid groups (broad SMARTS) is 1. The van der Waals surface area contributed by atoms with Crippen LogP contribution in [0.15, 0.2) is 16.6 Å². The molecule has 0 unspecified atom stereocenters. The van der Waals surface area contributed by atoms with Crippen LogP contribution in [-0.4, -0.2) is 22.0 Å². The summed E-state index contributed by atoms with van der Waals surface area (Å²) in [4.78, 5) is 20.4. The number of benzene rings is 1. The van der Waals surface area contributed by atoms with Gasteiger partial charge in [-0.25, -0.2) is 0 Å². The lowest BCUT2D eigenvalue weighted by Crippen LogP contribution is -2.20. The Morgan fingerprint density at radius 1 is 1.67 bits per heavy atom. The van der Waals surface area contributed by atoms with Crippen molar-refractivity contribution in [3.05, 3.63) is 32.5 Å². The average molecular weight is 321 g/mol. The molecule has 18 heavy (non-hydrogen) atoms. The fourth-order valence-corrected chi connectivity index (χ4v) is 1.87. The number of rotatable bonds is 5. The molecule has 1 aromatic rings. The first-order valence-electron chi connectivity index (χ1n) is 4.93. The van der Waals surface area contributed by atoms with Crippen LogP contribution in [0.4, 0.5) is 15.8 Å². The van der Waals surface area contributed by atoms with E-state index in [1.165, 1.54) is 13.0 Å². The molecule has 0 saturated carbocycles. The summed E-state index contributed by atoms with van der Waals surface area (Å²) in [6.07, 6.45) is -0.231. The average Bonchev–Trinajstić information content (AvgIpc) is 2.12. The van der Waals surface area contributed by atoms with E-state index >= 15 is 0 Å². The lowest BCUT2D eigenvalue weighted by Gasteiger charge is -2.13. The van der Waals surface area contributed by atoms with E-state index in [0.29, 0.717) is 4.47 Å². The number of hydrogen-bond acceptors (Lipinski definition) is 4. The molecule has 0 radical (unpaired) electrons. The molecule has 0 heterocycles. The fourth-order valence-electron chi connectivity index (χ4n) is 1.44. The first-order chi connectivity index (χ1) is 8.31. The van der Waals surface area contributed by atoms with Crippen molar-refractivity contribution in [2.24, 2.45) is 0 Å². The highest BCUT2D eigenvalue weighted by atomic mass is 79.9. The van der Waals surface area contributed by atoms with Crippen molar-refractivity contribution in [3.63, 3.8) is 0 Å². The summed E-state index contributed by atoms with van der Waals surface area (Å²) in [5, 5.41) is 22.0. The number of anilines is 1. The Kier molecular flexibility index (Phi) is 4.60. The van der Waals surface area contributed by atoms with Gasteiger partial charge in [0.25, 0.3) is 0 Å². The highest BCUT2D eigenvalue weighted by molar-refractivity contribution is 9.10. The van der Waals surface area contributed by atoms with Crippen molar-refractivity contribution in [3.8, 4) is 0 Å². The monoisotopic (exact) mass is 320 g/mol. The molecule has 0 aromatic heterocycles. The topological polar surface area (TPSA) is 92.5 Å². The van der Waals surface area contributed by atoms with E-state index in [0.717, 1.165) is 6.07 Å². The van der Waals surface area contributed by atoms with Crippen LogP contribution in [0.25, 0.3) is 0 Å². The number of halogens is 2. The van der Waals surface area contributed by atoms with E-state index < -0.39 is 28.4 Å². The highest BCUT2D eigenvalue weighted by Gasteiger charge is 2.22. The molecule has 6 nitrogen and oxygen atoms in total. The largest absolute Gasteiger partial charge is 0.481 e. The lowest BCUT2D eigenvalue weighted by molar-refractivity contribution is -0.386. The van der Waals surface area contributed by atoms with Crippen LogP contribution in [0.2, 0.25) is 0 Å². The number of nitro benzene ring substituents is 1. The Morgan fingerprint density at radius 3 is 2.78 bits per heavy atom. The maximum atomic E-state index is 13.4. The van der Waals surface area contributed by atoms with Crippen LogP contribution in [0.5, 0.6) is 0 Å². The molecule has 0 bridgehead atoms. The lowest BCUT2D eigenvalue weighted by atomic mass is 10.2. The molecule has 1 aromatic carbocycles. The third-order valence-electron chi connectivity index (χ3n) is 2.09. The predicted octanol–water partition coefficient (Wildman–Crippen LogP) is 2.77. The number of hydrogen-bond donors (Lipinski definition) is 2.